The SMILES string of the molecule is Cc1cccc(NC(=O)CNC(=O)COC(=O)c2cc(-c3ccco3)nc3ccccc23)c1C. The van der Waals surface area contributed by atoms with E-state index in [-0.39, 0.29) is 18.0 Å². The number of pyridine rings is 1. The number of anilines is 1. The Hall–Kier alpha value is -4.46. The van der Waals surface area contributed by atoms with E-state index in [1.54, 1.807) is 42.5 Å². The van der Waals surface area contributed by atoms with Crippen LogP contribution in [0.4, 0.5) is 5.69 Å². The molecule has 0 saturated carbocycles. The van der Waals surface area contributed by atoms with E-state index in [4.69, 9.17) is 9.15 Å². The fraction of sp³-hybridized carbons (Fsp3) is 0.154. The van der Waals surface area contributed by atoms with Gasteiger partial charge in [0.05, 0.1) is 23.9 Å². The third kappa shape index (κ3) is 5.12. The molecule has 8 heteroatoms. The summed E-state index contributed by atoms with van der Waals surface area (Å²) >= 11 is 0. The van der Waals surface area contributed by atoms with Gasteiger partial charge in [0.2, 0.25) is 5.91 Å². The van der Waals surface area contributed by atoms with Crippen LogP contribution in [0.3, 0.4) is 0 Å². The van der Waals surface area contributed by atoms with Gasteiger partial charge < -0.3 is 19.8 Å². The van der Waals surface area contributed by atoms with E-state index in [0.29, 0.717) is 28.0 Å². The number of carbonyl (C=O) groups is 3. The third-order valence-corrected chi connectivity index (χ3v) is 5.37. The minimum absolute atomic E-state index is 0.245. The van der Waals surface area contributed by atoms with Crippen molar-refractivity contribution >= 4 is 34.4 Å². The second kappa shape index (κ2) is 9.99. The quantitative estimate of drug-likeness (QED) is 0.406. The summed E-state index contributed by atoms with van der Waals surface area (Å²) in [4.78, 5) is 41.7. The number of hydrogen-bond donors (Lipinski definition) is 2. The Morgan fingerprint density at radius 3 is 2.59 bits per heavy atom. The number of aromatic nitrogens is 1. The van der Waals surface area contributed by atoms with Gasteiger partial charge >= 0.3 is 5.97 Å². The summed E-state index contributed by atoms with van der Waals surface area (Å²) < 4.78 is 10.6. The normalized spacial score (nSPS) is 10.6. The summed E-state index contributed by atoms with van der Waals surface area (Å²) in [5.41, 5.74) is 4.02. The molecular formula is C26H23N3O5. The highest BCUT2D eigenvalue weighted by molar-refractivity contribution is 6.05. The van der Waals surface area contributed by atoms with Gasteiger partial charge in [-0.1, -0.05) is 30.3 Å². The number of ether oxygens (including phenoxy) is 1. The Labute approximate surface area is 195 Å². The molecule has 4 aromatic rings. The van der Waals surface area contributed by atoms with Gasteiger partial charge in [0, 0.05) is 11.1 Å². The van der Waals surface area contributed by atoms with Crippen LogP contribution in [-0.4, -0.2) is 35.9 Å². The first-order valence-electron chi connectivity index (χ1n) is 10.7. The second-order valence-corrected chi connectivity index (χ2v) is 7.70. The molecule has 2 aromatic carbocycles. The van der Waals surface area contributed by atoms with Crippen LogP contribution in [0, 0.1) is 13.8 Å². The lowest BCUT2D eigenvalue weighted by molar-refractivity contribution is -0.126. The van der Waals surface area contributed by atoms with Crippen molar-refractivity contribution in [3.05, 3.63) is 83.6 Å². The van der Waals surface area contributed by atoms with Crippen molar-refractivity contribution in [2.75, 3.05) is 18.5 Å². The molecule has 2 N–H and O–H groups in total. The second-order valence-electron chi connectivity index (χ2n) is 7.70. The maximum absolute atomic E-state index is 12.8. The predicted molar refractivity (Wildman–Crippen MR) is 127 cm³/mol. The van der Waals surface area contributed by atoms with Crippen molar-refractivity contribution in [2.24, 2.45) is 0 Å². The van der Waals surface area contributed by atoms with Crippen LogP contribution < -0.4 is 10.6 Å². The minimum atomic E-state index is -0.679. The van der Waals surface area contributed by atoms with Crippen LogP contribution in [0.2, 0.25) is 0 Å². The summed E-state index contributed by atoms with van der Waals surface area (Å²) in [6.45, 7) is 3.08. The Morgan fingerprint density at radius 1 is 0.971 bits per heavy atom. The maximum Gasteiger partial charge on any atom is 0.339 e. The number of nitrogens with zero attached hydrogens (tertiary/aromatic N) is 1. The molecule has 0 spiro atoms. The van der Waals surface area contributed by atoms with Crippen molar-refractivity contribution in [3.63, 3.8) is 0 Å². The van der Waals surface area contributed by atoms with E-state index in [2.05, 4.69) is 15.6 Å². The van der Waals surface area contributed by atoms with Crippen LogP contribution in [0.5, 0.6) is 0 Å². The number of para-hydroxylation sites is 1. The molecule has 0 bridgehead atoms. The molecule has 2 heterocycles. The number of benzene rings is 2. The average molecular weight is 457 g/mol. The number of aryl methyl sites for hydroxylation is 1. The molecule has 2 amide bonds. The number of hydrogen-bond acceptors (Lipinski definition) is 6. The molecular weight excluding hydrogens is 434 g/mol. The summed E-state index contributed by atoms with van der Waals surface area (Å²) in [5.74, 6) is -1.14. The zero-order valence-corrected chi connectivity index (χ0v) is 18.8. The summed E-state index contributed by atoms with van der Waals surface area (Å²) in [7, 11) is 0. The Kier molecular flexibility index (Phi) is 6.68. The molecule has 8 nitrogen and oxygen atoms in total. The fourth-order valence-corrected chi connectivity index (χ4v) is 3.41. The van der Waals surface area contributed by atoms with Gasteiger partial charge in [0.1, 0.15) is 5.69 Å². The molecule has 172 valence electrons. The molecule has 0 radical (unpaired) electrons. The fourth-order valence-electron chi connectivity index (χ4n) is 3.41. The Balaban J connectivity index is 1.37. The number of amides is 2. The van der Waals surface area contributed by atoms with Gasteiger partial charge in [-0.05, 0) is 55.3 Å². The van der Waals surface area contributed by atoms with Crippen molar-refractivity contribution in [3.8, 4) is 11.5 Å². The van der Waals surface area contributed by atoms with Crippen LogP contribution in [0.1, 0.15) is 21.5 Å². The zero-order chi connectivity index (χ0) is 24.1. The molecule has 0 aliphatic carbocycles. The summed E-state index contributed by atoms with van der Waals surface area (Å²) in [6.07, 6.45) is 1.52. The first-order chi connectivity index (χ1) is 16.4. The number of furan rings is 1. The van der Waals surface area contributed by atoms with E-state index in [1.165, 1.54) is 6.26 Å². The van der Waals surface area contributed by atoms with E-state index in [1.807, 2.05) is 32.0 Å². The van der Waals surface area contributed by atoms with E-state index in [9.17, 15) is 14.4 Å². The van der Waals surface area contributed by atoms with Gasteiger partial charge in [-0.15, -0.1) is 0 Å². The highest BCUT2D eigenvalue weighted by atomic mass is 16.5. The van der Waals surface area contributed by atoms with Crippen molar-refractivity contribution in [1.82, 2.24) is 10.3 Å². The molecule has 0 atom stereocenters. The molecule has 0 saturated heterocycles. The molecule has 2 aromatic heterocycles. The van der Waals surface area contributed by atoms with Crippen molar-refractivity contribution < 1.29 is 23.5 Å². The molecule has 4 rings (SSSR count). The highest BCUT2D eigenvalue weighted by Crippen LogP contribution is 2.25. The van der Waals surface area contributed by atoms with Gasteiger partial charge in [-0.2, -0.15) is 0 Å². The Bertz CT molecular complexity index is 1360. The minimum Gasteiger partial charge on any atom is -0.463 e. The zero-order valence-electron chi connectivity index (χ0n) is 18.8. The number of fused-ring (bicyclic) bond motifs is 1. The molecule has 0 aliphatic heterocycles. The van der Waals surface area contributed by atoms with E-state index in [0.717, 1.165) is 11.1 Å². The number of carbonyl (C=O) groups excluding carboxylic acids is 3. The third-order valence-electron chi connectivity index (χ3n) is 5.37. The van der Waals surface area contributed by atoms with E-state index >= 15 is 0 Å². The largest absolute Gasteiger partial charge is 0.463 e. The molecule has 0 aliphatic rings. The van der Waals surface area contributed by atoms with Crippen LogP contribution in [0.25, 0.3) is 22.4 Å². The highest BCUT2D eigenvalue weighted by Gasteiger charge is 2.17. The lowest BCUT2D eigenvalue weighted by Crippen LogP contribution is -2.35. The lowest BCUT2D eigenvalue weighted by atomic mass is 10.1. The molecule has 0 unspecified atom stereocenters. The average Bonchev–Trinajstić information content (AvgIpc) is 3.38. The summed E-state index contributed by atoms with van der Waals surface area (Å²) in [5, 5.41) is 5.81. The topological polar surface area (TPSA) is 111 Å². The summed E-state index contributed by atoms with van der Waals surface area (Å²) in [6, 6.07) is 17.7. The van der Waals surface area contributed by atoms with Crippen LogP contribution in [0.15, 0.2) is 71.3 Å². The standard InChI is InChI=1S/C26H23N3O5/c1-16-7-5-10-20(17(16)2)29-24(30)14-27-25(31)15-34-26(32)19-13-22(23-11-6-12-33-23)28-21-9-4-3-8-18(19)21/h3-13H,14-15H2,1-2H3,(H,27,31)(H,29,30). The monoisotopic (exact) mass is 457 g/mol. The molecule has 0 fully saturated rings. The number of esters is 1. The predicted octanol–water partition coefficient (Wildman–Crippen LogP) is 4.02. The lowest BCUT2D eigenvalue weighted by Gasteiger charge is -2.11. The number of nitrogens with one attached hydrogen (secondary N) is 2. The van der Waals surface area contributed by atoms with Crippen molar-refractivity contribution in [2.45, 2.75) is 13.8 Å². The van der Waals surface area contributed by atoms with Gasteiger partial charge in [0.25, 0.3) is 5.91 Å². The first kappa shape index (κ1) is 22.7. The van der Waals surface area contributed by atoms with Gasteiger partial charge in [-0.3, -0.25) is 9.59 Å². The van der Waals surface area contributed by atoms with Crippen LogP contribution in [-0.2, 0) is 14.3 Å². The van der Waals surface area contributed by atoms with E-state index < -0.39 is 18.5 Å². The number of rotatable bonds is 7. The van der Waals surface area contributed by atoms with Gasteiger partial charge in [0.15, 0.2) is 12.4 Å². The van der Waals surface area contributed by atoms with Crippen LogP contribution >= 0.6 is 0 Å². The first-order valence-corrected chi connectivity index (χ1v) is 10.7. The van der Waals surface area contributed by atoms with Gasteiger partial charge in [-0.25, -0.2) is 9.78 Å². The van der Waals surface area contributed by atoms with Crippen molar-refractivity contribution in [1.29, 1.82) is 0 Å². The molecule has 34 heavy (non-hydrogen) atoms. The smallest absolute Gasteiger partial charge is 0.339 e. The Morgan fingerprint density at radius 2 is 1.79 bits per heavy atom. The maximum atomic E-state index is 12.8.